The zero-order chi connectivity index (χ0) is 19.8. The van der Waals surface area contributed by atoms with Crippen molar-refractivity contribution in [1.82, 2.24) is 9.88 Å². The predicted molar refractivity (Wildman–Crippen MR) is 101 cm³/mol. The van der Waals surface area contributed by atoms with Gasteiger partial charge in [0.05, 0.1) is 11.4 Å². The van der Waals surface area contributed by atoms with E-state index in [2.05, 4.69) is 23.4 Å². The van der Waals surface area contributed by atoms with Crippen LogP contribution >= 0.6 is 0 Å². The number of pyridine rings is 1. The van der Waals surface area contributed by atoms with E-state index in [4.69, 9.17) is 5.73 Å². The number of nitrogens with zero attached hydrogens (tertiary/aromatic N) is 2. The molecule has 0 unspecified atom stereocenters. The van der Waals surface area contributed by atoms with E-state index in [0.29, 0.717) is 29.9 Å². The van der Waals surface area contributed by atoms with E-state index in [9.17, 15) is 14.3 Å². The largest absolute Gasteiger partial charge is 0.375 e. The number of likely N-dealkylation sites (tertiary alicyclic amines) is 1. The number of carbonyl (C=O) groups excluding carboxylic acids is 1. The molecular formula is C21H20FN3O2. The molecule has 0 spiro atoms. The highest BCUT2D eigenvalue weighted by atomic mass is 19.1. The van der Waals surface area contributed by atoms with Crippen molar-refractivity contribution < 1.29 is 14.3 Å². The summed E-state index contributed by atoms with van der Waals surface area (Å²) in [6, 6.07) is 7.57. The number of benzene rings is 1. The molecule has 1 aromatic carbocycles. The highest BCUT2D eigenvalue weighted by Gasteiger charge is 2.36. The summed E-state index contributed by atoms with van der Waals surface area (Å²) in [5.74, 6) is 4.57. The lowest BCUT2D eigenvalue weighted by Crippen LogP contribution is -2.26. The maximum atomic E-state index is 14.4. The van der Waals surface area contributed by atoms with Gasteiger partial charge in [-0.3, -0.25) is 4.79 Å². The molecule has 0 saturated carbocycles. The Morgan fingerprint density at radius 1 is 1.41 bits per heavy atom. The van der Waals surface area contributed by atoms with Crippen LogP contribution in [0.15, 0.2) is 42.6 Å². The molecule has 1 amide bonds. The smallest absolute Gasteiger partial charge is 0.267 e. The van der Waals surface area contributed by atoms with Crippen LogP contribution < -0.4 is 5.73 Å². The number of aliphatic hydroxyl groups is 1. The van der Waals surface area contributed by atoms with Crippen molar-refractivity contribution in [3.05, 3.63) is 65.2 Å². The monoisotopic (exact) mass is 365 g/mol. The molecule has 0 aliphatic carbocycles. The Morgan fingerprint density at radius 3 is 2.78 bits per heavy atom. The third-order valence-corrected chi connectivity index (χ3v) is 4.63. The van der Waals surface area contributed by atoms with Crippen molar-refractivity contribution in [3.63, 3.8) is 0 Å². The van der Waals surface area contributed by atoms with E-state index in [1.807, 2.05) is 11.9 Å². The van der Waals surface area contributed by atoms with Crippen LogP contribution in [0.4, 0.5) is 4.39 Å². The molecule has 3 N–H and O–H groups in total. The number of nitrogens with two attached hydrogens (primary N) is 1. The molecule has 1 aromatic heterocycles. The molecule has 2 aromatic rings. The van der Waals surface area contributed by atoms with E-state index in [0.717, 1.165) is 5.56 Å². The van der Waals surface area contributed by atoms with Gasteiger partial charge in [0.15, 0.2) is 5.60 Å². The summed E-state index contributed by atoms with van der Waals surface area (Å²) in [5, 5.41) is 10.6. The minimum atomic E-state index is -1.29. The van der Waals surface area contributed by atoms with Crippen LogP contribution in [0.3, 0.4) is 0 Å². The number of primary amides is 1. The first-order chi connectivity index (χ1) is 12.7. The van der Waals surface area contributed by atoms with Crippen molar-refractivity contribution in [1.29, 1.82) is 0 Å². The van der Waals surface area contributed by atoms with E-state index < -0.39 is 17.3 Å². The average Bonchev–Trinajstić information content (AvgIpc) is 2.88. The van der Waals surface area contributed by atoms with Crippen molar-refractivity contribution in [3.8, 4) is 23.1 Å². The van der Waals surface area contributed by atoms with Gasteiger partial charge in [-0.1, -0.05) is 18.4 Å². The molecule has 27 heavy (non-hydrogen) atoms. The van der Waals surface area contributed by atoms with Gasteiger partial charge in [-0.2, -0.15) is 0 Å². The Balaban J connectivity index is 2.01. The van der Waals surface area contributed by atoms with Gasteiger partial charge in [-0.25, -0.2) is 9.37 Å². The van der Waals surface area contributed by atoms with Crippen LogP contribution in [0.2, 0.25) is 0 Å². The Kier molecular flexibility index (Phi) is 4.73. The van der Waals surface area contributed by atoms with Gasteiger partial charge in [0.1, 0.15) is 11.5 Å². The minimum Gasteiger partial charge on any atom is -0.375 e. The zero-order valence-corrected chi connectivity index (χ0v) is 15.2. The topological polar surface area (TPSA) is 79.5 Å². The molecule has 1 aliphatic heterocycles. The van der Waals surface area contributed by atoms with Crippen LogP contribution in [0.25, 0.3) is 11.3 Å². The normalized spacial score (nSPS) is 19.0. The van der Waals surface area contributed by atoms with Crippen LogP contribution in [0.5, 0.6) is 0 Å². The summed E-state index contributed by atoms with van der Waals surface area (Å²) in [6.07, 6.45) is 0.463. The Morgan fingerprint density at radius 2 is 2.15 bits per heavy atom. The third kappa shape index (κ3) is 3.69. The van der Waals surface area contributed by atoms with Gasteiger partial charge < -0.3 is 15.7 Å². The molecule has 1 aliphatic rings. The first-order valence-corrected chi connectivity index (χ1v) is 8.44. The van der Waals surface area contributed by atoms with Crippen molar-refractivity contribution >= 4 is 5.91 Å². The molecular weight excluding hydrogens is 345 g/mol. The van der Waals surface area contributed by atoms with Gasteiger partial charge in [0.25, 0.3) is 5.91 Å². The molecule has 1 fully saturated rings. The summed E-state index contributed by atoms with van der Waals surface area (Å²) in [4.78, 5) is 17.4. The summed E-state index contributed by atoms with van der Waals surface area (Å²) >= 11 is 0. The number of hydrogen-bond donors (Lipinski definition) is 2. The summed E-state index contributed by atoms with van der Waals surface area (Å²) in [7, 11) is 1.84. The predicted octanol–water partition coefficient (Wildman–Crippen LogP) is 2.23. The molecule has 2 heterocycles. The second-order valence-corrected chi connectivity index (χ2v) is 6.70. The lowest BCUT2D eigenvalue weighted by molar-refractivity contribution is 0.0995. The summed E-state index contributed by atoms with van der Waals surface area (Å²) < 4.78 is 14.4. The average molecular weight is 365 g/mol. The van der Waals surface area contributed by atoms with Crippen LogP contribution in [0, 0.1) is 24.6 Å². The highest BCUT2D eigenvalue weighted by molar-refractivity contribution is 5.91. The van der Waals surface area contributed by atoms with E-state index >= 15 is 0 Å². The van der Waals surface area contributed by atoms with Crippen molar-refractivity contribution in [2.75, 3.05) is 13.6 Å². The van der Waals surface area contributed by atoms with Gasteiger partial charge in [-0.05, 0) is 42.8 Å². The SMILES string of the molecule is C=C1N(C)CC[C@@]1(O)C#Cc1ccc(F)c(-c2cc(C)cc(C(N)=O)n2)c1. The second-order valence-electron chi connectivity index (χ2n) is 6.70. The molecule has 1 saturated heterocycles. The van der Waals surface area contributed by atoms with Gasteiger partial charge in [0, 0.05) is 31.1 Å². The maximum absolute atomic E-state index is 14.4. The molecule has 3 rings (SSSR count). The van der Waals surface area contributed by atoms with Gasteiger partial charge >= 0.3 is 0 Å². The zero-order valence-electron chi connectivity index (χ0n) is 15.2. The number of likely N-dealkylation sites (N-methyl/N-ethyl adjacent to an activating group) is 1. The van der Waals surface area contributed by atoms with Gasteiger partial charge in [-0.15, -0.1) is 0 Å². The molecule has 6 heteroatoms. The molecule has 1 atom stereocenters. The highest BCUT2D eigenvalue weighted by Crippen LogP contribution is 2.29. The molecule has 0 radical (unpaired) electrons. The first kappa shape index (κ1) is 18.6. The summed E-state index contributed by atoms with van der Waals surface area (Å²) in [5.41, 5.74) is 6.39. The van der Waals surface area contributed by atoms with Gasteiger partial charge in [0.2, 0.25) is 0 Å². The molecule has 138 valence electrons. The number of aromatic nitrogens is 1. The quantitative estimate of drug-likeness (QED) is 0.800. The van der Waals surface area contributed by atoms with E-state index in [-0.39, 0.29) is 11.3 Å². The Labute approximate surface area is 157 Å². The number of amides is 1. The van der Waals surface area contributed by atoms with Crippen molar-refractivity contribution in [2.24, 2.45) is 5.73 Å². The fourth-order valence-electron chi connectivity index (χ4n) is 2.97. The minimum absolute atomic E-state index is 0.0699. The fourth-order valence-corrected chi connectivity index (χ4v) is 2.97. The number of hydrogen-bond acceptors (Lipinski definition) is 4. The second kappa shape index (κ2) is 6.86. The Bertz CT molecular complexity index is 1010. The van der Waals surface area contributed by atoms with Crippen LogP contribution in [-0.2, 0) is 0 Å². The Hall–Kier alpha value is -3.17. The standard InChI is InChI=1S/C21H20FN3O2/c1-13-10-18(24-19(11-13)20(23)26)16-12-15(4-5-17(16)22)6-7-21(27)8-9-25(3)14(21)2/h4-5,10-12,27H,2,8-9H2,1,3H3,(H2,23,26)/t21-/m0/s1. The number of carbonyl (C=O) groups is 1. The lowest BCUT2D eigenvalue weighted by Gasteiger charge is -2.19. The third-order valence-electron chi connectivity index (χ3n) is 4.63. The van der Waals surface area contributed by atoms with Crippen LogP contribution in [0.1, 0.15) is 28.0 Å². The number of aryl methyl sites for hydroxylation is 1. The van der Waals surface area contributed by atoms with Crippen LogP contribution in [-0.4, -0.2) is 40.1 Å². The lowest BCUT2D eigenvalue weighted by atomic mass is 9.99. The fraction of sp³-hybridized carbons (Fsp3) is 0.238. The molecule has 5 nitrogen and oxygen atoms in total. The molecule has 0 bridgehead atoms. The van der Waals surface area contributed by atoms with E-state index in [1.54, 1.807) is 25.1 Å². The van der Waals surface area contributed by atoms with Crippen molar-refractivity contribution in [2.45, 2.75) is 18.9 Å². The maximum Gasteiger partial charge on any atom is 0.267 e. The summed E-state index contributed by atoms with van der Waals surface area (Å²) in [6.45, 7) is 6.32. The first-order valence-electron chi connectivity index (χ1n) is 8.44. The van der Waals surface area contributed by atoms with E-state index in [1.165, 1.54) is 12.1 Å². The number of rotatable bonds is 2. The number of halogens is 1.